The zero-order valence-corrected chi connectivity index (χ0v) is 14.9. The van der Waals surface area contributed by atoms with Crippen LogP contribution >= 0.6 is 15.9 Å². The van der Waals surface area contributed by atoms with Crippen molar-refractivity contribution in [3.05, 3.63) is 46.4 Å². The van der Waals surface area contributed by atoms with E-state index in [-0.39, 0.29) is 5.75 Å². The van der Waals surface area contributed by atoms with Crippen LogP contribution in [0.15, 0.2) is 46.0 Å². The molecule has 3 aromatic rings. The summed E-state index contributed by atoms with van der Waals surface area (Å²) in [6.07, 6.45) is 1.53. The largest absolute Gasteiger partial charge is 0.506 e. The van der Waals surface area contributed by atoms with Crippen LogP contribution in [-0.4, -0.2) is 28.0 Å². The van der Waals surface area contributed by atoms with Gasteiger partial charge in [0.1, 0.15) is 11.5 Å². The number of para-hydroxylation sites is 2. The zero-order valence-electron chi connectivity index (χ0n) is 13.3. The van der Waals surface area contributed by atoms with Crippen molar-refractivity contribution in [1.29, 1.82) is 0 Å². The third-order valence-corrected chi connectivity index (χ3v) is 4.25. The molecule has 0 radical (unpaired) electrons. The molecule has 0 spiro atoms. The summed E-state index contributed by atoms with van der Waals surface area (Å²) in [4.78, 5) is 4.53. The van der Waals surface area contributed by atoms with E-state index in [1.165, 1.54) is 6.21 Å². The lowest BCUT2D eigenvalue weighted by Gasteiger charge is -2.07. The number of imidazole rings is 1. The molecule has 0 aliphatic rings. The van der Waals surface area contributed by atoms with Crippen LogP contribution in [-0.2, 0) is 6.54 Å². The van der Waals surface area contributed by atoms with Gasteiger partial charge in [-0.3, -0.25) is 0 Å². The van der Waals surface area contributed by atoms with Crippen molar-refractivity contribution in [3.8, 4) is 11.5 Å². The van der Waals surface area contributed by atoms with Gasteiger partial charge in [0.05, 0.1) is 28.8 Å². The molecule has 0 atom stereocenters. The lowest BCUT2D eigenvalue weighted by atomic mass is 10.2. The van der Waals surface area contributed by atoms with E-state index < -0.39 is 0 Å². The van der Waals surface area contributed by atoms with Gasteiger partial charge in [-0.2, -0.15) is 5.10 Å². The van der Waals surface area contributed by atoms with Gasteiger partial charge in [0.2, 0.25) is 5.95 Å². The number of aromatic nitrogens is 2. The number of aromatic hydroxyl groups is 1. The van der Waals surface area contributed by atoms with Gasteiger partial charge in [0.15, 0.2) is 0 Å². The van der Waals surface area contributed by atoms with Crippen LogP contribution in [0.3, 0.4) is 0 Å². The fourth-order valence-electron chi connectivity index (χ4n) is 2.45. The maximum Gasteiger partial charge on any atom is 0.224 e. The molecule has 2 aromatic carbocycles. The molecule has 24 heavy (non-hydrogen) atoms. The number of aryl methyl sites for hydroxylation is 1. The number of fused-ring (bicyclic) bond motifs is 1. The molecule has 3 rings (SSSR count). The predicted molar refractivity (Wildman–Crippen MR) is 99.0 cm³/mol. The minimum atomic E-state index is 0.102. The Morgan fingerprint density at radius 3 is 2.92 bits per heavy atom. The van der Waals surface area contributed by atoms with Crippen LogP contribution in [0.1, 0.15) is 12.5 Å². The van der Waals surface area contributed by atoms with Crippen LogP contribution in [0.25, 0.3) is 11.0 Å². The molecule has 1 aromatic heterocycles. The first-order valence-electron chi connectivity index (χ1n) is 7.45. The lowest BCUT2D eigenvalue weighted by Crippen LogP contribution is -2.02. The van der Waals surface area contributed by atoms with Crippen LogP contribution in [0.5, 0.6) is 11.5 Å². The highest BCUT2D eigenvalue weighted by molar-refractivity contribution is 9.10. The van der Waals surface area contributed by atoms with Gasteiger partial charge in [-0.1, -0.05) is 12.1 Å². The Morgan fingerprint density at radius 2 is 2.17 bits per heavy atom. The number of hydrazone groups is 1. The fraction of sp³-hybridized carbons (Fsp3) is 0.176. The molecule has 0 aliphatic heterocycles. The van der Waals surface area contributed by atoms with Gasteiger partial charge < -0.3 is 14.4 Å². The molecule has 2 N–H and O–H groups in total. The summed E-state index contributed by atoms with van der Waals surface area (Å²) < 4.78 is 7.77. The maximum atomic E-state index is 10.1. The number of ether oxygens (including phenoxy) is 1. The Kier molecular flexibility index (Phi) is 4.71. The smallest absolute Gasteiger partial charge is 0.224 e. The summed E-state index contributed by atoms with van der Waals surface area (Å²) in [5.41, 5.74) is 5.43. The third-order valence-electron chi connectivity index (χ3n) is 3.64. The van der Waals surface area contributed by atoms with Gasteiger partial charge >= 0.3 is 0 Å². The highest BCUT2D eigenvalue weighted by Crippen LogP contribution is 2.31. The molecule has 0 bridgehead atoms. The first-order valence-corrected chi connectivity index (χ1v) is 8.24. The Morgan fingerprint density at radius 1 is 1.38 bits per heavy atom. The van der Waals surface area contributed by atoms with E-state index >= 15 is 0 Å². The summed E-state index contributed by atoms with van der Waals surface area (Å²) in [7, 11) is 1.57. The number of nitrogens with zero attached hydrogens (tertiary/aromatic N) is 3. The second-order valence-electron chi connectivity index (χ2n) is 5.09. The van der Waals surface area contributed by atoms with Gasteiger partial charge in [-0.15, -0.1) is 0 Å². The molecule has 6 nitrogen and oxygen atoms in total. The number of phenols is 1. The fourth-order valence-corrected chi connectivity index (χ4v) is 2.91. The molecule has 7 heteroatoms. The van der Waals surface area contributed by atoms with E-state index in [4.69, 9.17) is 4.74 Å². The number of halogens is 1. The summed E-state index contributed by atoms with van der Waals surface area (Å²) in [5, 5.41) is 14.3. The second kappa shape index (κ2) is 6.92. The summed E-state index contributed by atoms with van der Waals surface area (Å²) in [6, 6.07) is 11.3. The average molecular weight is 389 g/mol. The van der Waals surface area contributed by atoms with Crippen LogP contribution in [0.4, 0.5) is 5.95 Å². The topological polar surface area (TPSA) is 71.7 Å². The Hall–Kier alpha value is -2.54. The normalized spacial score (nSPS) is 11.3. The highest BCUT2D eigenvalue weighted by Gasteiger charge is 2.09. The Bertz CT molecular complexity index is 905. The summed E-state index contributed by atoms with van der Waals surface area (Å²) in [6.45, 7) is 2.82. The van der Waals surface area contributed by atoms with E-state index in [1.54, 1.807) is 19.2 Å². The molecule has 0 fully saturated rings. The lowest BCUT2D eigenvalue weighted by molar-refractivity contribution is 0.411. The molecule has 0 aliphatic carbocycles. The number of hydrogen-bond acceptors (Lipinski definition) is 5. The third kappa shape index (κ3) is 3.07. The average Bonchev–Trinajstić information content (AvgIpc) is 2.95. The molecule has 124 valence electrons. The number of hydrogen-bond donors (Lipinski definition) is 2. The molecule has 0 saturated carbocycles. The zero-order chi connectivity index (χ0) is 17.1. The highest BCUT2D eigenvalue weighted by atomic mass is 79.9. The number of phenolic OH excluding ortho intramolecular Hbond substituents is 1. The van der Waals surface area contributed by atoms with Crippen molar-refractivity contribution in [2.24, 2.45) is 5.10 Å². The molecular formula is C17H17BrN4O2. The van der Waals surface area contributed by atoms with Crippen molar-refractivity contribution in [1.82, 2.24) is 9.55 Å². The van der Waals surface area contributed by atoms with E-state index in [0.29, 0.717) is 21.7 Å². The van der Waals surface area contributed by atoms with Crippen LogP contribution in [0.2, 0.25) is 0 Å². The number of methoxy groups -OCH3 is 1. The number of rotatable bonds is 5. The number of anilines is 1. The minimum absolute atomic E-state index is 0.102. The number of benzene rings is 2. The monoisotopic (exact) mass is 388 g/mol. The molecular weight excluding hydrogens is 372 g/mol. The van der Waals surface area contributed by atoms with Gasteiger partial charge in [0.25, 0.3) is 0 Å². The van der Waals surface area contributed by atoms with Gasteiger partial charge in [-0.05, 0) is 47.1 Å². The number of nitrogens with one attached hydrogen (secondary N) is 1. The summed E-state index contributed by atoms with van der Waals surface area (Å²) >= 11 is 3.29. The van der Waals surface area contributed by atoms with Gasteiger partial charge in [0, 0.05) is 12.1 Å². The van der Waals surface area contributed by atoms with Crippen molar-refractivity contribution < 1.29 is 9.84 Å². The van der Waals surface area contributed by atoms with E-state index in [0.717, 1.165) is 17.6 Å². The Balaban J connectivity index is 1.88. The molecule has 0 unspecified atom stereocenters. The minimum Gasteiger partial charge on any atom is -0.506 e. The SMILES string of the molecule is CCn1c(N/N=C\c2cc(OC)cc(Br)c2O)nc2ccccc21. The van der Waals surface area contributed by atoms with Crippen molar-refractivity contribution in [2.45, 2.75) is 13.5 Å². The van der Waals surface area contributed by atoms with E-state index in [2.05, 4.69) is 31.4 Å². The second-order valence-corrected chi connectivity index (χ2v) is 5.94. The van der Waals surface area contributed by atoms with E-state index in [9.17, 15) is 5.11 Å². The first kappa shape index (κ1) is 16.3. The summed E-state index contributed by atoms with van der Waals surface area (Å²) in [5.74, 6) is 1.38. The van der Waals surface area contributed by atoms with Gasteiger partial charge in [-0.25, -0.2) is 10.4 Å². The molecule has 0 amide bonds. The van der Waals surface area contributed by atoms with E-state index in [1.807, 2.05) is 35.8 Å². The molecule has 0 saturated heterocycles. The van der Waals surface area contributed by atoms with Crippen molar-refractivity contribution in [2.75, 3.05) is 12.5 Å². The maximum absolute atomic E-state index is 10.1. The van der Waals surface area contributed by atoms with Crippen molar-refractivity contribution >= 4 is 39.1 Å². The van der Waals surface area contributed by atoms with Crippen LogP contribution < -0.4 is 10.2 Å². The quantitative estimate of drug-likeness (QED) is 0.512. The molecule has 1 heterocycles. The first-order chi connectivity index (χ1) is 11.6. The van der Waals surface area contributed by atoms with Crippen LogP contribution in [0, 0.1) is 0 Å². The predicted octanol–water partition coefficient (Wildman–Crippen LogP) is 3.98. The standard InChI is InChI=1S/C17H17BrN4O2/c1-3-22-15-7-5-4-6-14(15)20-17(22)21-19-10-11-8-12(24-2)9-13(18)16(11)23/h4-10,23H,3H2,1-2H3,(H,20,21)/b19-10-. The van der Waals surface area contributed by atoms with Crippen molar-refractivity contribution in [3.63, 3.8) is 0 Å². The Labute approximate surface area is 147 Å².